The Bertz CT molecular complexity index is 657. The molecule has 1 saturated heterocycles. The molecule has 2 heterocycles. The minimum Gasteiger partial charge on any atom is -0.484 e. The van der Waals surface area contributed by atoms with Gasteiger partial charge in [-0.2, -0.15) is 0 Å². The highest BCUT2D eigenvalue weighted by molar-refractivity contribution is 5.76. The van der Waals surface area contributed by atoms with Gasteiger partial charge in [0.25, 0.3) is 5.89 Å². The predicted octanol–water partition coefficient (Wildman–Crippen LogP) is 3.15. The van der Waals surface area contributed by atoms with Crippen LogP contribution < -0.4 is 4.74 Å². The predicted molar refractivity (Wildman–Crippen MR) is 88.5 cm³/mol. The number of likely N-dealkylation sites (tertiary alicyclic amines) is 1. The third-order valence-electron chi connectivity index (χ3n) is 4.18. The summed E-state index contributed by atoms with van der Waals surface area (Å²) in [6.07, 6.45) is 3.42. The molecule has 2 aromatic rings. The van der Waals surface area contributed by atoms with Crippen LogP contribution in [0.2, 0.25) is 0 Å². The summed E-state index contributed by atoms with van der Waals surface area (Å²) in [4.78, 5) is 14.0. The monoisotopic (exact) mass is 329 g/mol. The Morgan fingerprint density at radius 3 is 2.96 bits per heavy atom. The summed E-state index contributed by atoms with van der Waals surface area (Å²) in [5.74, 6) is 2.18. The molecule has 1 aromatic heterocycles. The minimum absolute atomic E-state index is 0.123. The number of carbonyl (C=O) groups excluding carboxylic acids is 1. The molecule has 6 heteroatoms. The van der Waals surface area contributed by atoms with E-state index in [1.54, 1.807) is 0 Å². The number of amides is 1. The lowest BCUT2D eigenvalue weighted by atomic mass is 9.97. The molecule has 1 aliphatic rings. The van der Waals surface area contributed by atoms with Crippen molar-refractivity contribution in [2.75, 3.05) is 13.1 Å². The number of aromatic nitrogens is 2. The molecule has 128 valence electrons. The minimum atomic E-state index is 0.123. The van der Waals surface area contributed by atoms with E-state index in [1.165, 1.54) is 0 Å². The average Bonchev–Trinajstić information content (AvgIpc) is 3.10. The highest BCUT2D eigenvalue weighted by atomic mass is 16.5. The van der Waals surface area contributed by atoms with Crippen LogP contribution in [0.1, 0.15) is 50.3 Å². The zero-order valence-electron chi connectivity index (χ0n) is 14.0. The maximum atomic E-state index is 12.1. The van der Waals surface area contributed by atoms with E-state index in [1.807, 2.05) is 42.2 Å². The van der Waals surface area contributed by atoms with Crippen molar-refractivity contribution in [2.45, 2.75) is 45.1 Å². The quantitative estimate of drug-likeness (QED) is 0.814. The molecule has 6 nitrogen and oxygen atoms in total. The summed E-state index contributed by atoms with van der Waals surface area (Å²) in [5.41, 5.74) is 0. The molecule has 0 N–H and O–H groups in total. The van der Waals surface area contributed by atoms with Gasteiger partial charge in [-0.05, 0) is 31.4 Å². The molecule has 24 heavy (non-hydrogen) atoms. The van der Waals surface area contributed by atoms with E-state index in [0.717, 1.165) is 31.6 Å². The molecular formula is C18H23N3O3. The highest BCUT2D eigenvalue weighted by Crippen LogP contribution is 2.26. The van der Waals surface area contributed by atoms with Gasteiger partial charge in [-0.15, -0.1) is 10.2 Å². The van der Waals surface area contributed by atoms with Crippen LogP contribution in [0.5, 0.6) is 5.75 Å². The summed E-state index contributed by atoms with van der Waals surface area (Å²) >= 11 is 0. The van der Waals surface area contributed by atoms with E-state index in [0.29, 0.717) is 24.7 Å². The first-order valence-corrected chi connectivity index (χ1v) is 8.54. The van der Waals surface area contributed by atoms with E-state index < -0.39 is 0 Å². The third-order valence-corrected chi connectivity index (χ3v) is 4.18. The number of rotatable bonds is 6. The molecule has 1 fully saturated rings. The maximum absolute atomic E-state index is 12.1. The number of benzene rings is 1. The van der Waals surface area contributed by atoms with Gasteiger partial charge in [-0.1, -0.05) is 25.1 Å². The van der Waals surface area contributed by atoms with Gasteiger partial charge in [-0.25, -0.2) is 0 Å². The number of para-hydroxylation sites is 1. The van der Waals surface area contributed by atoms with Crippen molar-refractivity contribution < 1.29 is 13.9 Å². The van der Waals surface area contributed by atoms with Gasteiger partial charge in [0.1, 0.15) is 5.75 Å². The molecule has 0 aliphatic carbocycles. The molecule has 1 unspecified atom stereocenters. The second kappa shape index (κ2) is 7.95. The Kier molecular flexibility index (Phi) is 5.46. The zero-order chi connectivity index (χ0) is 16.8. The van der Waals surface area contributed by atoms with Crippen molar-refractivity contribution in [3.05, 3.63) is 42.1 Å². The summed E-state index contributed by atoms with van der Waals surface area (Å²) in [6.45, 7) is 3.77. The second-order valence-electron chi connectivity index (χ2n) is 6.06. The normalized spacial score (nSPS) is 17.7. The third kappa shape index (κ3) is 4.13. The Balaban J connectivity index is 1.57. The first kappa shape index (κ1) is 16.5. The lowest BCUT2D eigenvalue weighted by molar-refractivity contribution is -0.132. The van der Waals surface area contributed by atoms with Crippen molar-refractivity contribution in [1.29, 1.82) is 0 Å². The van der Waals surface area contributed by atoms with E-state index in [-0.39, 0.29) is 18.4 Å². The molecule has 0 saturated carbocycles. The van der Waals surface area contributed by atoms with Crippen molar-refractivity contribution in [3.8, 4) is 5.75 Å². The van der Waals surface area contributed by atoms with Crippen molar-refractivity contribution in [2.24, 2.45) is 0 Å². The lowest BCUT2D eigenvalue weighted by Crippen LogP contribution is -2.39. The Labute approximate surface area is 141 Å². The fourth-order valence-electron chi connectivity index (χ4n) is 2.93. The largest absolute Gasteiger partial charge is 0.484 e. The molecule has 0 bridgehead atoms. The molecule has 0 radical (unpaired) electrons. The molecular weight excluding hydrogens is 306 g/mol. The number of piperidine rings is 1. The smallest absolute Gasteiger partial charge is 0.253 e. The van der Waals surface area contributed by atoms with Crippen LogP contribution >= 0.6 is 0 Å². The summed E-state index contributed by atoms with van der Waals surface area (Å²) in [5, 5.41) is 8.22. The number of ether oxygens (including phenoxy) is 1. The van der Waals surface area contributed by atoms with Gasteiger partial charge in [0.15, 0.2) is 6.61 Å². The second-order valence-corrected chi connectivity index (χ2v) is 6.06. The summed E-state index contributed by atoms with van der Waals surface area (Å²) in [6, 6.07) is 9.54. The van der Waals surface area contributed by atoms with Crippen LogP contribution in [0.25, 0.3) is 0 Å². The zero-order valence-corrected chi connectivity index (χ0v) is 14.0. The lowest BCUT2D eigenvalue weighted by Gasteiger charge is -2.31. The molecule has 1 aliphatic heterocycles. The summed E-state index contributed by atoms with van der Waals surface area (Å²) in [7, 11) is 0. The van der Waals surface area contributed by atoms with Crippen molar-refractivity contribution >= 4 is 5.91 Å². The topological polar surface area (TPSA) is 68.5 Å². The van der Waals surface area contributed by atoms with Crippen LogP contribution in [0.3, 0.4) is 0 Å². The van der Waals surface area contributed by atoms with E-state index >= 15 is 0 Å². The Morgan fingerprint density at radius 1 is 1.33 bits per heavy atom. The van der Waals surface area contributed by atoms with Crippen LogP contribution in [-0.4, -0.2) is 34.1 Å². The van der Waals surface area contributed by atoms with E-state index in [2.05, 4.69) is 10.2 Å². The van der Waals surface area contributed by atoms with Crippen LogP contribution in [0.4, 0.5) is 0 Å². The van der Waals surface area contributed by atoms with Gasteiger partial charge in [0.2, 0.25) is 11.8 Å². The van der Waals surface area contributed by atoms with Gasteiger partial charge >= 0.3 is 0 Å². The molecule has 1 aromatic carbocycles. The fourth-order valence-corrected chi connectivity index (χ4v) is 2.93. The van der Waals surface area contributed by atoms with Crippen molar-refractivity contribution in [3.63, 3.8) is 0 Å². The van der Waals surface area contributed by atoms with Gasteiger partial charge < -0.3 is 14.1 Å². The number of hydrogen-bond acceptors (Lipinski definition) is 5. The highest BCUT2D eigenvalue weighted by Gasteiger charge is 2.28. The van der Waals surface area contributed by atoms with Gasteiger partial charge in [0.05, 0.1) is 5.92 Å². The van der Waals surface area contributed by atoms with E-state index in [4.69, 9.17) is 9.15 Å². The summed E-state index contributed by atoms with van der Waals surface area (Å²) < 4.78 is 11.4. The number of nitrogens with zero attached hydrogens (tertiary/aromatic N) is 3. The molecule has 1 atom stereocenters. The van der Waals surface area contributed by atoms with Crippen LogP contribution in [-0.2, 0) is 11.4 Å². The molecule has 3 rings (SSSR count). The van der Waals surface area contributed by atoms with E-state index in [9.17, 15) is 4.79 Å². The maximum Gasteiger partial charge on any atom is 0.253 e. The first-order chi connectivity index (χ1) is 11.8. The molecule has 1 amide bonds. The molecule has 0 spiro atoms. The first-order valence-electron chi connectivity index (χ1n) is 8.54. The Morgan fingerprint density at radius 2 is 2.17 bits per heavy atom. The average molecular weight is 329 g/mol. The van der Waals surface area contributed by atoms with Crippen LogP contribution in [0.15, 0.2) is 34.7 Å². The van der Waals surface area contributed by atoms with Gasteiger partial charge in [-0.3, -0.25) is 4.79 Å². The fraction of sp³-hybridized carbons (Fsp3) is 0.500. The number of carbonyl (C=O) groups is 1. The van der Waals surface area contributed by atoms with Crippen molar-refractivity contribution in [1.82, 2.24) is 15.1 Å². The van der Waals surface area contributed by atoms with Gasteiger partial charge in [0, 0.05) is 19.5 Å². The Hall–Kier alpha value is -2.37. The van der Waals surface area contributed by atoms with Crippen LogP contribution in [0, 0.1) is 0 Å². The SMILES string of the molecule is CCCC(=O)N1CCCC(c2nnc(COc3ccccc3)o2)C1. The number of hydrogen-bond donors (Lipinski definition) is 0. The standard InChI is InChI=1S/C18H23N3O3/c1-2-7-17(22)21-11-6-8-14(12-21)18-20-19-16(24-18)13-23-15-9-4-3-5-10-15/h3-5,9-10,14H,2,6-8,11-13H2,1H3.